The summed E-state index contributed by atoms with van der Waals surface area (Å²) in [5.41, 5.74) is 3.59. The quantitative estimate of drug-likeness (QED) is 0.406. The van der Waals surface area contributed by atoms with Crippen molar-refractivity contribution in [2.75, 3.05) is 24.7 Å². The standard InChI is InChI=1S/C25H25NO2S/c1-3-27-19(2)18-20-12-14-21(15-13-20)28-17-16-26-22-8-4-6-10-24(22)29-25-11-7-5-9-23(25)26/h4-15,18H,3,16-17H2,1-2H3/b19-18-. The third-order valence-electron chi connectivity index (χ3n) is 4.74. The summed E-state index contributed by atoms with van der Waals surface area (Å²) >= 11 is 1.83. The van der Waals surface area contributed by atoms with Crippen LogP contribution in [0.4, 0.5) is 11.4 Å². The molecular weight excluding hydrogens is 378 g/mol. The largest absolute Gasteiger partial charge is 0.499 e. The molecule has 0 spiro atoms. The molecule has 0 radical (unpaired) electrons. The lowest BCUT2D eigenvalue weighted by Crippen LogP contribution is -2.26. The van der Waals surface area contributed by atoms with Gasteiger partial charge in [-0.1, -0.05) is 48.2 Å². The van der Waals surface area contributed by atoms with Crippen molar-refractivity contribution in [3.8, 4) is 5.75 Å². The number of rotatable bonds is 7. The molecule has 0 aromatic heterocycles. The van der Waals surface area contributed by atoms with Gasteiger partial charge in [0.1, 0.15) is 12.4 Å². The van der Waals surface area contributed by atoms with E-state index in [1.807, 2.05) is 43.8 Å². The highest BCUT2D eigenvalue weighted by Gasteiger charge is 2.22. The Kier molecular flexibility index (Phi) is 6.11. The Bertz CT molecular complexity index is 952. The molecule has 3 aromatic carbocycles. The normalized spacial score (nSPS) is 12.9. The van der Waals surface area contributed by atoms with E-state index in [-0.39, 0.29) is 0 Å². The van der Waals surface area contributed by atoms with E-state index in [1.54, 1.807) is 0 Å². The van der Waals surface area contributed by atoms with E-state index in [0.717, 1.165) is 23.6 Å². The molecule has 1 aliphatic heterocycles. The van der Waals surface area contributed by atoms with Crippen molar-refractivity contribution in [2.24, 2.45) is 0 Å². The third kappa shape index (κ3) is 4.60. The van der Waals surface area contributed by atoms with Crippen LogP contribution in [-0.2, 0) is 4.74 Å². The first-order chi connectivity index (χ1) is 14.2. The van der Waals surface area contributed by atoms with Crippen molar-refractivity contribution < 1.29 is 9.47 Å². The SMILES string of the molecule is CCO/C(C)=C\c1ccc(OCCN2c3ccccc3Sc3ccccc32)cc1. The van der Waals surface area contributed by atoms with Crippen LogP contribution in [0, 0.1) is 0 Å². The fraction of sp³-hybridized carbons (Fsp3) is 0.200. The van der Waals surface area contributed by atoms with Gasteiger partial charge in [-0.15, -0.1) is 0 Å². The van der Waals surface area contributed by atoms with Gasteiger partial charge in [0, 0.05) is 9.79 Å². The topological polar surface area (TPSA) is 21.7 Å². The van der Waals surface area contributed by atoms with E-state index in [2.05, 4.69) is 65.6 Å². The fourth-order valence-corrected chi connectivity index (χ4v) is 4.54. The van der Waals surface area contributed by atoms with Gasteiger partial charge < -0.3 is 14.4 Å². The van der Waals surface area contributed by atoms with Crippen LogP contribution in [0.3, 0.4) is 0 Å². The number of nitrogens with zero attached hydrogens (tertiary/aromatic N) is 1. The number of anilines is 2. The number of benzene rings is 3. The van der Waals surface area contributed by atoms with Gasteiger partial charge in [0.05, 0.1) is 30.3 Å². The van der Waals surface area contributed by atoms with Gasteiger partial charge in [-0.25, -0.2) is 0 Å². The summed E-state index contributed by atoms with van der Waals surface area (Å²) in [6, 6.07) is 25.2. The molecule has 3 nitrogen and oxygen atoms in total. The van der Waals surface area contributed by atoms with Gasteiger partial charge in [0.2, 0.25) is 0 Å². The average Bonchev–Trinajstić information content (AvgIpc) is 2.74. The van der Waals surface area contributed by atoms with E-state index < -0.39 is 0 Å². The zero-order valence-electron chi connectivity index (χ0n) is 16.8. The Morgan fingerprint density at radius 2 is 1.52 bits per heavy atom. The van der Waals surface area contributed by atoms with E-state index in [0.29, 0.717) is 13.2 Å². The van der Waals surface area contributed by atoms with Crippen LogP contribution in [0.1, 0.15) is 19.4 Å². The predicted octanol–water partition coefficient (Wildman–Crippen LogP) is 6.77. The number of ether oxygens (including phenoxy) is 2. The van der Waals surface area contributed by atoms with Crippen molar-refractivity contribution in [1.29, 1.82) is 0 Å². The van der Waals surface area contributed by atoms with Gasteiger partial charge in [-0.2, -0.15) is 0 Å². The highest BCUT2D eigenvalue weighted by atomic mass is 32.2. The molecule has 4 rings (SSSR count). The molecular formula is C25H25NO2S. The zero-order chi connectivity index (χ0) is 20.1. The molecule has 1 heterocycles. The van der Waals surface area contributed by atoms with E-state index in [4.69, 9.17) is 9.47 Å². The first-order valence-corrected chi connectivity index (χ1v) is 10.7. The van der Waals surface area contributed by atoms with Crippen molar-refractivity contribution in [1.82, 2.24) is 0 Å². The Balaban J connectivity index is 1.43. The van der Waals surface area contributed by atoms with Crippen LogP contribution in [0.2, 0.25) is 0 Å². The molecule has 0 atom stereocenters. The van der Waals surface area contributed by atoms with Gasteiger partial charge in [-0.05, 0) is 61.9 Å². The molecule has 148 valence electrons. The first kappa shape index (κ1) is 19.5. The Labute approximate surface area is 177 Å². The second-order valence-electron chi connectivity index (χ2n) is 6.79. The van der Waals surface area contributed by atoms with Gasteiger partial charge in [-0.3, -0.25) is 0 Å². The third-order valence-corrected chi connectivity index (χ3v) is 5.87. The number of allylic oxidation sites excluding steroid dienone is 1. The van der Waals surface area contributed by atoms with Crippen LogP contribution >= 0.6 is 11.8 Å². The van der Waals surface area contributed by atoms with Gasteiger partial charge in [0.25, 0.3) is 0 Å². The summed E-state index contributed by atoms with van der Waals surface area (Å²) in [7, 11) is 0. The second kappa shape index (κ2) is 9.10. The predicted molar refractivity (Wildman–Crippen MR) is 121 cm³/mol. The molecule has 0 N–H and O–H groups in total. The maximum atomic E-state index is 6.05. The summed E-state index contributed by atoms with van der Waals surface area (Å²) in [6.07, 6.45) is 2.03. The summed E-state index contributed by atoms with van der Waals surface area (Å²) < 4.78 is 11.5. The first-order valence-electron chi connectivity index (χ1n) is 9.92. The van der Waals surface area contributed by atoms with Crippen LogP contribution in [0.15, 0.2) is 88.3 Å². The number of para-hydroxylation sites is 2. The minimum absolute atomic E-state index is 0.612. The molecule has 0 bridgehead atoms. The fourth-order valence-electron chi connectivity index (χ4n) is 3.44. The smallest absolute Gasteiger partial charge is 0.119 e. The number of fused-ring (bicyclic) bond motifs is 2. The molecule has 1 aliphatic rings. The summed E-state index contributed by atoms with van der Waals surface area (Å²) in [6.45, 7) is 6.05. The molecule has 0 aliphatic carbocycles. The summed E-state index contributed by atoms with van der Waals surface area (Å²) in [5.74, 6) is 1.80. The Morgan fingerprint density at radius 1 is 0.897 bits per heavy atom. The monoisotopic (exact) mass is 403 g/mol. The lowest BCUT2D eigenvalue weighted by Gasteiger charge is -2.32. The van der Waals surface area contributed by atoms with Gasteiger partial charge >= 0.3 is 0 Å². The van der Waals surface area contributed by atoms with Crippen LogP contribution in [-0.4, -0.2) is 19.8 Å². The number of hydrogen-bond acceptors (Lipinski definition) is 4. The minimum Gasteiger partial charge on any atom is -0.499 e. The highest BCUT2D eigenvalue weighted by Crippen LogP contribution is 2.47. The molecule has 0 saturated heterocycles. The van der Waals surface area contributed by atoms with Crippen molar-refractivity contribution in [3.05, 3.63) is 84.1 Å². The van der Waals surface area contributed by atoms with E-state index >= 15 is 0 Å². The van der Waals surface area contributed by atoms with Crippen molar-refractivity contribution >= 4 is 29.2 Å². The van der Waals surface area contributed by atoms with E-state index in [9.17, 15) is 0 Å². The minimum atomic E-state index is 0.612. The van der Waals surface area contributed by atoms with Gasteiger partial charge in [0.15, 0.2) is 0 Å². The van der Waals surface area contributed by atoms with Crippen LogP contribution in [0.5, 0.6) is 5.75 Å². The molecule has 0 amide bonds. The van der Waals surface area contributed by atoms with Crippen LogP contribution in [0.25, 0.3) is 6.08 Å². The summed E-state index contributed by atoms with van der Waals surface area (Å²) in [5, 5.41) is 0. The maximum Gasteiger partial charge on any atom is 0.119 e. The second-order valence-corrected chi connectivity index (χ2v) is 7.88. The molecule has 29 heavy (non-hydrogen) atoms. The molecule has 0 unspecified atom stereocenters. The van der Waals surface area contributed by atoms with Crippen LogP contribution < -0.4 is 9.64 Å². The Hall–Kier alpha value is -2.85. The van der Waals surface area contributed by atoms with E-state index in [1.165, 1.54) is 21.2 Å². The Morgan fingerprint density at radius 3 is 2.14 bits per heavy atom. The molecule has 4 heteroatoms. The lowest BCUT2D eigenvalue weighted by atomic mass is 10.2. The maximum absolute atomic E-state index is 6.05. The van der Waals surface area contributed by atoms with Crippen molar-refractivity contribution in [2.45, 2.75) is 23.6 Å². The molecule has 0 fully saturated rings. The average molecular weight is 404 g/mol. The zero-order valence-corrected chi connectivity index (χ0v) is 17.6. The lowest BCUT2D eigenvalue weighted by molar-refractivity contribution is 0.235. The number of hydrogen-bond donors (Lipinski definition) is 0. The van der Waals surface area contributed by atoms with Crippen molar-refractivity contribution in [3.63, 3.8) is 0 Å². The highest BCUT2D eigenvalue weighted by molar-refractivity contribution is 7.99. The molecule has 3 aromatic rings. The molecule has 0 saturated carbocycles. The summed E-state index contributed by atoms with van der Waals surface area (Å²) in [4.78, 5) is 4.92.